The smallest absolute Gasteiger partial charge is 0.268 e. The summed E-state index contributed by atoms with van der Waals surface area (Å²) in [5.41, 5.74) is 0. The summed E-state index contributed by atoms with van der Waals surface area (Å²) < 4.78 is 23.3. The monoisotopic (exact) mass is 969 g/mol. The van der Waals surface area contributed by atoms with E-state index in [1.165, 1.54) is 244 Å². The fourth-order valence-electron chi connectivity index (χ4n) is 9.10. The van der Waals surface area contributed by atoms with Crippen LogP contribution in [0.1, 0.15) is 303 Å². The zero-order chi connectivity index (χ0) is 49.2. The van der Waals surface area contributed by atoms with Crippen molar-refractivity contribution in [3.05, 3.63) is 12.2 Å². The Morgan fingerprint density at radius 1 is 0.507 bits per heavy atom. The number of aliphatic hydroxyl groups is 1. The van der Waals surface area contributed by atoms with Crippen molar-refractivity contribution in [2.75, 3.05) is 40.9 Å². The van der Waals surface area contributed by atoms with Gasteiger partial charge in [0.15, 0.2) is 0 Å². The van der Waals surface area contributed by atoms with Gasteiger partial charge in [0.2, 0.25) is 5.91 Å². The predicted octanol–water partition coefficient (Wildman–Crippen LogP) is 17.2. The van der Waals surface area contributed by atoms with Gasteiger partial charge in [0, 0.05) is 6.42 Å². The van der Waals surface area contributed by atoms with Crippen molar-refractivity contribution >= 4 is 13.7 Å². The van der Waals surface area contributed by atoms with E-state index in [4.69, 9.17) is 9.05 Å². The Bertz CT molecular complexity index is 1100. The number of likely N-dealkylation sites (N-methyl/N-ethyl adjacent to an activating group) is 1. The number of carbonyl (C=O) groups is 1. The summed E-state index contributed by atoms with van der Waals surface area (Å²) >= 11 is 0. The van der Waals surface area contributed by atoms with Gasteiger partial charge in [-0.3, -0.25) is 9.36 Å². The van der Waals surface area contributed by atoms with E-state index in [-0.39, 0.29) is 19.1 Å². The maximum absolute atomic E-state index is 12.9. The van der Waals surface area contributed by atoms with E-state index in [1.807, 2.05) is 27.2 Å². The van der Waals surface area contributed by atoms with E-state index < -0.39 is 20.0 Å². The van der Waals surface area contributed by atoms with Crippen molar-refractivity contribution in [2.24, 2.45) is 0 Å². The van der Waals surface area contributed by atoms with Gasteiger partial charge >= 0.3 is 0 Å². The van der Waals surface area contributed by atoms with Gasteiger partial charge in [-0.2, -0.15) is 0 Å². The quantitative estimate of drug-likeness (QED) is 0.0272. The number of carbonyl (C=O) groups excluding carboxylic acids is 1. The van der Waals surface area contributed by atoms with Crippen molar-refractivity contribution in [1.82, 2.24) is 5.32 Å². The van der Waals surface area contributed by atoms with Gasteiger partial charge in [-0.05, 0) is 19.3 Å². The molecule has 0 radical (unpaired) electrons. The van der Waals surface area contributed by atoms with E-state index in [9.17, 15) is 19.4 Å². The Morgan fingerprint density at radius 2 is 0.806 bits per heavy atom. The molecule has 0 aliphatic rings. The van der Waals surface area contributed by atoms with Gasteiger partial charge in [0.25, 0.3) is 7.82 Å². The maximum Gasteiger partial charge on any atom is 0.268 e. The second-order valence-corrected chi connectivity index (χ2v) is 23.1. The van der Waals surface area contributed by atoms with Gasteiger partial charge in [-0.25, -0.2) is 0 Å². The van der Waals surface area contributed by atoms with Crippen LogP contribution in [0, 0.1) is 0 Å². The topological polar surface area (TPSA) is 108 Å². The van der Waals surface area contributed by atoms with E-state index in [1.54, 1.807) is 6.08 Å². The van der Waals surface area contributed by atoms with E-state index in [0.29, 0.717) is 17.4 Å². The number of nitrogens with zero attached hydrogens (tertiary/aromatic N) is 1. The van der Waals surface area contributed by atoms with Crippen LogP contribution in [-0.4, -0.2) is 68.5 Å². The number of amides is 1. The van der Waals surface area contributed by atoms with Crippen molar-refractivity contribution in [1.29, 1.82) is 0 Å². The molecule has 2 N–H and O–H groups in total. The number of rotatable bonds is 55. The minimum atomic E-state index is -4.59. The van der Waals surface area contributed by atoms with Gasteiger partial charge < -0.3 is 28.8 Å². The predicted molar refractivity (Wildman–Crippen MR) is 289 cm³/mol. The molecule has 0 saturated carbocycles. The molecule has 0 fully saturated rings. The van der Waals surface area contributed by atoms with Gasteiger partial charge in [0.05, 0.1) is 39.9 Å². The Morgan fingerprint density at radius 3 is 1.12 bits per heavy atom. The van der Waals surface area contributed by atoms with Crippen LogP contribution in [0.2, 0.25) is 0 Å². The molecule has 0 rings (SSSR count). The summed E-state index contributed by atoms with van der Waals surface area (Å²) in [5, 5.41) is 13.9. The Labute approximate surface area is 418 Å². The normalized spacial score (nSPS) is 14.0. The highest BCUT2D eigenvalue weighted by molar-refractivity contribution is 7.45. The van der Waals surface area contributed by atoms with Crippen LogP contribution in [0.15, 0.2) is 12.2 Å². The summed E-state index contributed by atoms with van der Waals surface area (Å²) in [7, 11) is 1.28. The molecule has 0 heterocycles. The lowest BCUT2D eigenvalue weighted by Gasteiger charge is -2.29. The lowest BCUT2D eigenvalue weighted by molar-refractivity contribution is -0.870. The molecule has 0 aromatic heterocycles. The average Bonchev–Trinajstić information content (AvgIpc) is 3.29. The minimum absolute atomic E-state index is 0.00249. The molecule has 400 valence electrons. The van der Waals surface area contributed by atoms with Crippen LogP contribution in [0.3, 0.4) is 0 Å². The fourth-order valence-corrected chi connectivity index (χ4v) is 9.82. The number of aliphatic hydroxyl groups excluding tert-OH is 1. The average molecular weight is 970 g/mol. The highest BCUT2D eigenvalue weighted by atomic mass is 31.2. The number of phosphoric ester groups is 1. The molecular formula is C58H117N2O6P. The van der Waals surface area contributed by atoms with Crippen LogP contribution < -0.4 is 10.2 Å². The second kappa shape index (κ2) is 50.2. The summed E-state index contributed by atoms with van der Waals surface area (Å²) in [6, 6.07) is -0.881. The number of quaternary nitrogens is 1. The molecule has 0 bridgehead atoms. The zero-order valence-corrected chi connectivity index (χ0v) is 46.5. The van der Waals surface area contributed by atoms with Crippen molar-refractivity contribution in [3.8, 4) is 0 Å². The van der Waals surface area contributed by atoms with Crippen molar-refractivity contribution < 1.29 is 32.9 Å². The van der Waals surface area contributed by atoms with Crippen LogP contribution in [0.25, 0.3) is 0 Å². The van der Waals surface area contributed by atoms with Gasteiger partial charge in [0.1, 0.15) is 13.2 Å². The molecule has 0 aliphatic carbocycles. The third-order valence-electron chi connectivity index (χ3n) is 13.7. The van der Waals surface area contributed by atoms with Crippen LogP contribution in [0.4, 0.5) is 0 Å². The Kier molecular flexibility index (Phi) is 49.6. The first kappa shape index (κ1) is 66.2. The largest absolute Gasteiger partial charge is 0.756 e. The molecule has 0 aromatic rings. The Hall–Kier alpha value is -0.760. The SMILES string of the molecule is CCCCCCCCCCCCCCCCCCCCCCCCCCCCCCCC/C=C/C(O)C(COP(=O)([O-])OCC[N+](C)(C)C)NC(=O)CCCCCCCCCCCCCCC. The first-order valence-corrected chi connectivity index (χ1v) is 31.0. The fraction of sp³-hybridized carbons (Fsp3) is 0.948. The minimum Gasteiger partial charge on any atom is -0.756 e. The molecule has 8 nitrogen and oxygen atoms in total. The first-order chi connectivity index (χ1) is 32.5. The lowest BCUT2D eigenvalue weighted by Crippen LogP contribution is -2.45. The number of hydrogen-bond donors (Lipinski definition) is 2. The molecular weight excluding hydrogens is 852 g/mol. The second-order valence-electron chi connectivity index (χ2n) is 21.7. The van der Waals surface area contributed by atoms with E-state index in [0.717, 1.165) is 38.5 Å². The molecule has 0 saturated heterocycles. The van der Waals surface area contributed by atoms with Crippen molar-refractivity contribution in [3.63, 3.8) is 0 Å². The zero-order valence-electron chi connectivity index (χ0n) is 45.6. The molecule has 9 heteroatoms. The summed E-state index contributed by atoms with van der Waals surface area (Å²) in [4.78, 5) is 25.4. The van der Waals surface area contributed by atoms with Gasteiger partial charge in [-0.1, -0.05) is 289 Å². The van der Waals surface area contributed by atoms with Crippen molar-refractivity contribution in [2.45, 2.75) is 315 Å². The lowest BCUT2D eigenvalue weighted by atomic mass is 10.0. The number of hydrogen-bond acceptors (Lipinski definition) is 6. The third-order valence-corrected chi connectivity index (χ3v) is 14.7. The van der Waals surface area contributed by atoms with E-state index >= 15 is 0 Å². The number of allylic oxidation sites excluding steroid dienone is 1. The Balaban J connectivity index is 4.02. The number of nitrogens with one attached hydrogen (secondary N) is 1. The molecule has 0 aliphatic heterocycles. The molecule has 3 atom stereocenters. The molecule has 67 heavy (non-hydrogen) atoms. The maximum atomic E-state index is 12.9. The summed E-state index contributed by atoms with van der Waals surface area (Å²) in [6.07, 6.45) is 61.6. The number of phosphoric acid groups is 1. The highest BCUT2D eigenvalue weighted by Crippen LogP contribution is 2.38. The first-order valence-electron chi connectivity index (χ1n) is 29.6. The highest BCUT2D eigenvalue weighted by Gasteiger charge is 2.23. The molecule has 1 amide bonds. The van der Waals surface area contributed by atoms with Crippen LogP contribution in [-0.2, 0) is 18.4 Å². The molecule has 3 unspecified atom stereocenters. The van der Waals surface area contributed by atoms with Crippen LogP contribution in [0.5, 0.6) is 0 Å². The standard InChI is InChI=1S/C58H117N2O6P/c1-6-8-10-12-14-16-18-20-21-22-23-24-25-26-27-28-29-30-31-32-33-34-35-36-37-38-40-41-43-45-47-49-51-57(61)56(55-66-67(63,64)65-54-53-60(3,4)5)59-58(62)52-50-48-46-44-42-39-19-17-15-13-11-9-7-2/h49,51,56-57,61H,6-48,50,52-55H2,1-5H3,(H-,59,62,63,64)/b51-49+. The van der Waals surface area contributed by atoms with Gasteiger partial charge in [-0.15, -0.1) is 0 Å². The molecule has 0 aromatic carbocycles. The molecule has 0 spiro atoms. The van der Waals surface area contributed by atoms with E-state index in [2.05, 4.69) is 19.2 Å². The summed E-state index contributed by atoms with van der Waals surface area (Å²) in [6.45, 7) is 4.69. The van der Waals surface area contributed by atoms with Crippen LogP contribution >= 0.6 is 7.82 Å². The third kappa shape index (κ3) is 52.9. The summed E-state index contributed by atoms with van der Waals surface area (Å²) in [5.74, 6) is -0.193. The number of unbranched alkanes of at least 4 members (excludes halogenated alkanes) is 42.